The monoisotopic (exact) mass is 345 g/mol. The number of rotatable bonds is 4. The number of aliphatic hydroxyl groups is 2. The number of carbonyl (C=O) groups is 1. The zero-order chi connectivity index (χ0) is 18.1. The van der Waals surface area contributed by atoms with E-state index in [9.17, 15) is 28.2 Å². The zero-order valence-electron chi connectivity index (χ0n) is 13.6. The van der Waals surface area contributed by atoms with Gasteiger partial charge in [-0.2, -0.15) is 13.2 Å². The number of β-amino-alcohol motifs (C(OH)–C–C–N with tert-alkyl or cyclic N) is 1. The van der Waals surface area contributed by atoms with Crippen molar-refractivity contribution in [3.63, 3.8) is 0 Å². The quantitative estimate of drug-likeness (QED) is 0.882. The highest BCUT2D eigenvalue weighted by Crippen LogP contribution is 2.35. The molecule has 0 aromatic heterocycles. The van der Waals surface area contributed by atoms with Crippen LogP contribution in [0, 0.1) is 5.92 Å². The van der Waals surface area contributed by atoms with Gasteiger partial charge in [-0.3, -0.25) is 4.79 Å². The van der Waals surface area contributed by atoms with E-state index < -0.39 is 30.0 Å². The molecule has 0 aliphatic carbocycles. The molecule has 2 rings (SSSR count). The summed E-state index contributed by atoms with van der Waals surface area (Å²) in [7, 11) is 0. The summed E-state index contributed by atoms with van der Waals surface area (Å²) in [5.41, 5.74) is -0.204. The Bertz CT molecular complexity index is 571. The number of amides is 1. The molecule has 7 heteroatoms. The van der Waals surface area contributed by atoms with Crippen molar-refractivity contribution in [3.05, 3.63) is 35.4 Å². The van der Waals surface area contributed by atoms with Crippen LogP contribution in [-0.2, 0) is 11.0 Å². The molecule has 3 atom stereocenters. The lowest BCUT2D eigenvalue weighted by Crippen LogP contribution is -2.35. The van der Waals surface area contributed by atoms with Gasteiger partial charge in [0.25, 0.3) is 0 Å². The van der Waals surface area contributed by atoms with Crippen LogP contribution in [-0.4, -0.2) is 39.8 Å². The first-order chi connectivity index (χ1) is 11.1. The normalized spacial score (nSPS) is 22.9. The minimum Gasteiger partial charge on any atom is -0.392 e. The SMILES string of the molecule is CC(C)C(O)CC(=O)N1CC(O)CC1c1ccc(C(F)(F)F)cc1. The Morgan fingerprint density at radius 3 is 2.38 bits per heavy atom. The number of nitrogens with zero attached hydrogens (tertiary/aromatic N) is 1. The molecule has 2 N–H and O–H groups in total. The summed E-state index contributed by atoms with van der Waals surface area (Å²) in [6.07, 6.45) is -5.72. The van der Waals surface area contributed by atoms with E-state index in [4.69, 9.17) is 0 Å². The van der Waals surface area contributed by atoms with Crippen molar-refractivity contribution < 1.29 is 28.2 Å². The Kier molecular flexibility index (Phi) is 5.55. The van der Waals surface area contributed by atoms with Crippen LogP contribution >= 0.6 is 0 Å². The predicted octanol–water partition coefficient (Wildman–Crippen LogP) is 2.75. The van der Waals surface area contributed by atoms with Crippen molar-refractivity contribution in [1.29, 1.82) is 0 Å². The van der Waals surface area contributed by atoms with Gasteiger partial charge in [0, 0.05) is 6.54 Å². The molecule has 1 aromatic rings. The van der Waals surface area contributed by atoms with Gasteiger partial charge in [-0.05, 0) is 30.0 Å². The van der Waals surface area contributed by atoms with Gasteiger partial charge in [0.15, 0.2) is 0 Å². The van der Waals surface area contributed by atoms with Crippen molar-refractivity contribution in [3.8, 4) is 0 Å². The Labute approximate surface area is 138 Å². The first kappa shape index (κ1) is 18.7. The highest BCUT2D eigenvalue weighted by Gasteiger charge is 2.37. The number of benzene rings is 1. The maximum Gasteiger partial charge on any atom is 0.416 e. The Morgan fingerprint density at radius 2 is 1.88 bits per heavy atom. The summed E-state index contributed by atoms with van der Waals surface area (Å²) < 4.78 is 38.0. The maximum absolute atomic E-state index is 12.7. The summed E-state index contributed by atoms with van der Waals surface area (Å²) >= 11 is 0. The molecule has 24 heavy (non-hydrogen) atoms. The average Bonchev–Trinajstić information content (AvgIpc) is 2.88. The first-order valence-electron chi connectivity index (χ1n) is 7.92. The number of hydrogen-bond acceptors (Lipinski definition) is 3. The number of hydrogen-bond donors (Lipinski definition) is 2. The van der Waals surface area contributed by atoms with E-state index in [1.165, 1.54) is 17.0 Å². The second-order valence-corrected chi connectivity index (χ2v) is 6.59. The fourth-order valence-electron chi connectivity index (χ4n) is 2.83. The van der Waals surface area contributed by atoms with Gasteiger partial charge in [-0.25, -0.2) is 0 Å². The molecule has 0 bridgehead atoms. The van der Waals surface area contributed by atoms with Crippen molar-refractivity contribution in [1.82, 2.24) is 4.90 Å². The van der Waals surface area contributed by atoms with Crippen molar-refractivity contribution in [2.24, 2.45) is 5.92 Å². The predicted molar refractivity (Wildman–Crippen MR) is 82.0 cm³/mol. The number of carbonyl (C=O) groups excluding carboxylic acids is 1. The van der Waals surface area contributed by atoms with Crippen LogP contribution in [0.4, 0.5) is 13.2 Å². The first-order valence-corrected chi connectivity index (χ1v) is 7.92. The summed E-state index contributed by atoms with van der Waals surface area (Å²) in [5, 5.41) is 19.7. The van der Waals surface area contributed by atoms with Crippen molar-refractivity contribution >= 4 is 5.91 Å². The lowest BCUT2D eigenvalue weighted by Gasteiger charge is -2.26. The summed E-state index contributed by atoms with van der Waals surface area (Å²) in [6, 6.07) is 4.15. The van der Waals surface area contributed by atoms with Gasteiger partial charge in [0.1, 0.15) is 0 Å². The van der Waals surface area contributed by atoms with Crippen molar-refractivity contribution in [2.75, 3.05) is 6.54 Å². The second-order valence-electron chi connectivity index (χ2n) is 6.59. The third kappa shape index (κ3) is 4.27. The van der Waals surface area contributed by atoms with Crippen LogP contribution in [0.15, 0.2) is 24.3 Å². The van der Waals surface area contributed by atoms with Gasteiger partial charge in [0.2, 0.25) is 5.91 Å². The van der Waals surface area contributed by atoms with Crippen LogP contribution in [0.2, 0.25) is 0 Å². The van der Waals surface area contributed by atoms with Gasteiger partial charge in [-0.1, -0.05) is 26.0 Å². The number of aliphatic hydroxyl groups excluding tert-OH is 2. The fraction of sp³-hybridized carbons (Fsp3) is 0.588. The van der Waals surface area contributed by atoms with E-state index in [0.29, 0.717) is 5.56 Å². The smallest absolute Gasteiger partial charge is 0.392 e. The molecule has 1 heterocycles. The zero-order valence-corrected chi connectivity index (χ0v) is 13.6. The fourth-order valence-corrected chi connectivity index (χ4v) is 2.83. The van der Waals surface area contributed by atoms with E-state index in [0.717, 1.165) is 12.1 Å². The van der Waals surface area contributed by atoms with Crippen LogP contribution < -0.4 is 0 Å². The van der Waals surface area contributed by atoms with E-state index in [-0.39, 0.29) is 31.2 Å². The van der Waals surface area contributed by atoms with E-state index in [1.54, 1.807) is 13.8 Å². The number of likely N-dealkylation sites (tertiary alicyclic amines) is 1. The van der Waals surface area contributed by atoms with Gasteiger partial charge in [0.05, 0.1) is 30.2 Å². The molecule has 134 valence electrons. The largest absolute Gasteiger partial charge is 0.416 e. The highest BCUT2D eigenvalue weighted by atomic mass is 19.4. The number of halogens is 3. The molecule has 1 saturated heterocycles. The van der Waals surface area contributed by atoms with E-state index in [1.807, 2.05) is 0 Å². The van der Waals surface area contributed by atoms with Crippen LogP contribution in [0.1, 0.15) is 43.9 Å². The Hall–Kier alpha value is -1.60. The molecule has 1 amide bonds. The minimum atomic E-state index is -4.41. The summed E-state index contributed by atoms with van der Waals surface area (Å²) in [6.45, 7) is 3.71. The third-order valence-corrected chi connectivity index (χ3v) is 4.38. The molecule has 0 spiro atoms. The Balaban J connectivity index is 2.16. The summed E-state index contributed by atoms with van der Waals surface area (Å²) in [4.78, 5) is 13.8. The second kappa shape index (κ2) is 7.11. The molecule has 3 unspecified atom stereocenters. The van der Waals surface area contributed by atoms with Gasteiger partial charge in [-0.15, -0.1) is 0 Å². The third-order valence-electron chi connectivity index (χ3n) is 4.38. The molecule has 1 aromatic carbocycles. The Morgan fingerprint density at radius 1 is 1.29 bits per heavy atom. The summed E-state index contributed by atoms with van der Waals surface area (Å²) in [5.74, 6) is -0.386. The molecule has 1 aliphatic heterocycles. The minimum absolute atomic E-state index is 0.0679. The van der Waals surface area contributed by atoms with Crippen LogP contribution in [0.3, 0.4) is 0 Å². The topological polar surface area (TPSA) is 60.8 Å². The highest BCUT2D eigenvalue weighted by molar-refractivity contribution is 5.77. The lowest BCUT2D eigenvalue weighted by molar-refractivity contribution is -0.138. The molecule has 0 radical (unpaired) electrons. The van der Waals surface area contributed by atoms with Gasteiger partial charge < -0.3 is 15.1 Å². The molecular weight excluding hydrogens is 323 g/mol. The molecule has 4 nitrogen and oxygen atoms in total. The van der Waals surface area contributed by atoms with Crippen molar-refractivity contribution in [2.45, 2.75) is 51.1 Å². The lowest BCUT2D eigenvalue weighted by atomic mass is 10.0. The number of alkyl halides is 3. The van der Waals surface area contributed by atoms with E-state index in [2.05, 4.69) is 0 Å². The van der Waals surface area contributed by atoms with E-state index >= 15 is 0 Å². The standard InChI is InChI=1S/C17H22F3NO3/c1-10(2)15(23)8-16(24)21-9-13(22)7-14(21)11-3-5-12(6-4-11)17(18,19)20/h3-6,10,13-15,22-23H,7-9H2,1-2H3. The average molecular weight is 345 g/mol. The molecule has 0 saturated carbocycles. The van der Waals surface area contributed by atoms with Crippen LogP contribution in [0.25, 0.3) is 0 Å². The molecule has 1 fully saturated rings. The van der Waals surface area contributed by atoms with Gasteiger partial charge >= 0.3 is 6.18 Å². The maximum atomic E-state index is 12.7. The molecular formula is C17H22F3NO3. The molecule has 1 aliphatic rings. The van der Waals surface area contributed by atoms with Crippen LogP contribution in [0.5, 0.6) is 0 Å².